The maximum absolute atomic E-state index is 10.5. The van der Waals surface area contributed by atoms with Gasteiger partial charge in [0.2, 0.25) is 0 Å². The summed E-state index contributed by atoms with van der Waals surface area (Å²) in [6, 6.07) is 5.92. The fraction of sp³-hybridized carbons (Fsp3) is 0.533. The highest BCUT2D eigenvalue weighted by molar-refractivity contribution is 7.98. The second kappa shape index (κ2) is 6.06. The van der Waals surface area contributed by atoms with Crippen molar-refractivity contribution in [3.8, 4) is 0 Å². The van der Waals surface area contributed by atoms with E-state index in [-0.39, 0.29) is 5.84 Å². The predicted molar refractivity (Wildman–Crippen MR) is 85.9 cm³/mol. The average molecular weight is 293 g/mol. The molecular weight excluding hydrogens is 270 g/mol. The molecule has 0 spiro atoms. The minimum absolute atomic E-state index is 0.0789. The normalized spacial score (nSPS) is 17.1. The summed E-state index contributed by atoms with van der Waals surface area (Å²) >= 11 is 1.59. The van der Waals surface area contributed by atoms with Gasteiger partial charge in [0.05, 0.1) is 11.2 Å². The zero-order valence-corrected chi connectivity index (χ0v) is 13.0. The monoisotopic (exact) mass is 293 g/mol. The van der Waals surface area contributed by atoms with Gasteiger partial charge >= 0.3 is 0 Å². The highest BCUT2D eigenvalue weighted by Gasteiger charge is 2.33. The van der Waals surface area contributed by atoms with Crippen molar-refractivity contribution in [3.63, 3.8) is 0 Å². The Morgan fingerprint density at radius 2 is 2.10 bits per heavy atom. The van der Waals surface area contributed by atoms with Gasteiger partial charge in [-0.1, -0.05) is 18.9 Å². The topological polar surface area (TPSA) is 73.3 Å². The molecule has 1 aliphatic carbocycles. The first-order valence-electron chi connectivity index (χ1n) is 6.92. The van der Waals surface area contributed by atoms with E-state index in [4.69, 9.17) is 11.1 Å². The van der Waals surface area contributed by atoms with Crippen molar-refractivity contribution >= 4 is 23.3 Å². The highest BCUT2D eigenvalue weighted by atomic mass is 32.2. The van der Waals surface area contributed by atoms with Gasteiger partial charge in [0.15, 0.2) is 0 Å². The molecule has 20 heavy (non-hydrogen) atoms. The minimum Gasteiger partial charge on any atom is -0.388 e. The lowest BCUT2D eigenvalue weighted by molar-refractivity contribution is 0.0559. The number of nitrogen functional groups attached to an aromatic ring is 1. The second-order valence-electron chi connectivity index (χ2n) is 5.56. The van der Waals surface area contributed by atoms with Crippen LogP contribution >= 0.6 is 11.8 Å². The van der Waals surface area contributed by atoms with E-state index in [0.29, 0.717) is 6.54 Å². The molecule has 1 fully saturated rings. The molecule has 5 heteroatoms. The lowest BCUT2D eigenvalue weighted by atomic mass is 10.0. The van der Waals surface area contributed by atoms with Crippen LogP contribution in [0.4, 0.5) is 5.69 Å². The maximum Gasteiger partial charge on any atom is 0.126 e. The molecule has 1 saturated carbocycles. The number of amidine groups is 1. The van der Waals surface area contributed by atoms with Gasteiger partial charge in [-0.05, 0) is 31.2 Å². The van der Waals surface area contributed by atoms with Gasteiger partial charge in [0.25, 0.3) is 0 Å². The molecule has 2 rings (SSSR count). The quantitative estimate of drug-likeness (QED) is 0.443. The molecule has 4 N–H and O–H groups in total. The second-order valence-corrected chi connectivity index (χ2v) is 6.40. The molecule has 4 nitrogen and oxygen atoms in total. The summed E-state index contributed by atoms with van der Waals surface area (Å²) in [6.45, 7) is 0.588. The smallest absolute Gasteiger partial charge is 0.126 e. The molecule has 110 valence electrons. The van der Waals surface area contributed by atoms with Crippen molar-refractivity contribution in [2.75, 3.05) is 24.7 Å². The molecule has 0 atom stereocenters. The van der Waals surface area contributed by atoms with E-state index in [1.807, 2.05) is 36.4 Å². The fourth-order valence-corrected chi connectivity index (χ4v) is 3.63. The predicted octanol–water partition coefficient (Wildman–Crippen LogP) is 2.43. The number of benzene rings is 1. The summed E-state index contributed by atoms with van der Waals surface area (Å²) in [4.78, 5) is 3.03. The van der Waals surface area contributed by atoms with Gasteiger partial charge in [-0.25, -0.2) is 0 Å². The number of anilines is 1. The molecule has 0 aliphatic heterocycles. The largest absolute Gasteiger partial charge is 0.388 e. The molecule has 0 radical (unpaired) electrons. The van der Waals surface area contributed by atoms with Gasteiger partial charge in [-0.15, -0.1) is 11.8 Å². The first kappa shape index (κ1) is 15.2. The Morgan fingerprint density at radius 1 is 1.45 bits per heavy atom. The number of thioether (sulfide) groups is 1. The third-order valence-corrected chi connectivity index (χ3v) is 4.75. The fourth-order valence-electron chi connectivity index (χ4n) is 3.00. The van der Waals surface area contributed by atoms with Crippen LogP contribution in [0.25, 0.3) is 0 Å². The number of nitrogens with zero attached hydrogens (tertiary/aromatic N) is 1. The molecule has 0 unspecified atom stereocenters. The summed E-state index contributed by atoms with van der Waals surface area (Å²) in [5.41, 5.74) is 6.84. The van der Waals surface area contributed by atoms with Gasteiger partial charge in [-0.3, -0.25) is 5.41 Å². The Morgan fingerprint density at radius 3 is 2.65 bits per heavy atom. The molecule has 0 saturated heterocycles. The molecule has 0 amide bonds. The Balaban J connectivity index is 2.29. The van der Waals surface area contributed by atoms with Crippen LogP contribution < -0.4 is 10.6 Å². The van der Waals surface area contributed by atoms with Gasteiger partial charge in [0.1, 0.15) is 5.84 Å². The van der Waals surface area contributed by atoms with Crippen molar-refractivity contribution in [3.05, 3.63) is 23.8 Å². The van der Waals surface area contributed by atoms with Gasteiger partial charge in [0, 0.05) is 24.2 Å². The Labute approximate surface area is 124 Å². The maximum atomic E-state index is 10.5. The van der Waals surface area contributed by atoms with Crippen molar-refractivity contribution in [1.82, 2.24) is 0 Å². The van der Waals surface area contributed by atoms with Crippen LogP contribution in [0, 0.1) is 5.41 Å². The Bertz CT molecular complexity index is 498. The van der Waals surface area contributed by atoms with Crippen molar-refractivity contribution in [1.29, 1.82) is 5.41 Å². The number of likely N-dealkylation sites (N-methyl/N-ethyl adjacent to an activating group) is 1. The van der Waals surface area contributed by atoms with Crippen LogP contribution in [-0.4, -0.2) is 36.4 Å². The summed E-state index contributed by atoms with van der Waals surface area (Å²) in [7, 11) is 1.96. The van der Waals surface area contributed by atoms with Gasteiger partial charge < -0.3 is 15.7 Å². The Hall–Kier alpha value is -1.20. The van der Waals surface area contributed by atoms with Crippen LogP contribution in [-0.2, 0) is 0 Å². The minimum atomic E-state index is -0.599. The lowest BCUT2D eigenvalue weighted by Crippen LogP contribution is -2.40. The van der Waals surface area contributed by atoms with Crippen LogP contribution in [0.2, 0.25) is 0 Å². The van der Waals surface area contributed by atoms with Crippen molar-refractivity contribution < 1.29 is 5.11 Å². The van der Waals surface area contributed by atoms with Crippen LogP contribution in [0.5, 0.6) is 0 Å². The third kappa shape index (κ3) is 3.10. The first-order valence-corrected chi connectivity index (χ1v) is 8.14. The zero-order valence-electron chi connectivity index (χ0n) is 12.1. The van der Waals surface area contributed by atoms with E-state index in [0.717, 1.165) is 41.8 Å². The number of nitrogens with one attached hydrogen (secondary N) is 1. The Kier molecular flexibility index (Phi) is 4.60. The molecule has 0 aromatic heterocycles. The van der Waals surface area contributed by atoms with Crippen LogP contribution in [0.15, 0.2) is 23.1 Å². The number of hydrogen-bond donors (Lipinski definition) is 3. The number of rotatable bonds is 5. The van der Waals surface area contributed by atoms with E-state index < -0.39 is 5.60 Å². The zero-order chi connectivity index (χ0) is 14.8. The SMILES string of the molecule is CSc1cccc(N(C)CC2(O)CCCC2)c1C(=N)N. The molecular formula is C15H23N3OS. The summed E-state index contributed by atoms with van der Waals surface area (Å²) in [6.07, 6.45) is 5.88. The molecule has 1 aliphatic rings. The third-order valence-electron chi connectivity index (χ3n) is 3.97. The van der Waals surface area contributed by atoms with Crippen LogP contribution in [0.1, 0.15) is 31.2 Å². The van der Waals surface area contributed by atoms with Crippen molar-refractivity contribution in [2.45, 2.75) is 36.2 Å². The highest BCUT2D eigenvalue weighted by Crippen LogP contribution is 2.33. The van der Waals surface area contributed by atoms with Crippen LogP contribution in [0.3, 0.4) is 0 Å². The molecule has 1 aromatic rings. The van der Waals surface area contributed by atoms with Crippen molar-refractivity contribution in [2.24, 2.45) is 5.73 Å². The first-order chi connectivity index (χ1) is 9.47. The summed E-state index contributed by atoms with van der Waals surface area (Å²) in [5.74, 6) is 0.0789. The lowest BCUT2D eigenvalue weighted by Gasteiger charge is -2.31. The van der Waals surface area contributed by atoms with E-state index in [1.54, 1.807) is 11.8 Å². The van der Waals surface area contributed by atoms with E-state index >= 15 is 0 Å². The molecule has 0 bridgehead atoms. The summed E-state index contributed by atoms with van der Waals surface area (Å²) in [5, 5.41) is 18.4. The molecule has 0 heterocycles. The van der Waals surface area contributed by atoms with E-state index in [9.17, 15) is 5.11 Å². The van der Waals surface area contributed by atoms with E-state index in [2.05, 4.69) is 0 Å². The number of hydrogen-bond acceptors (Lipinski definition) is 4. The number of aliphatic hydroxyl groups is 1. The summed E-state index contributed by atoms with van der Waals surface area (Å²) < 4.78 is 0. The van der Waals surface area contributed by atoms with E-state index in [1.165, 1.54) is 0 Å². The number of nitrogens with two attached hydrogens (primary N) is 1. The molecule has 1 aromatic carbocycles. The standard InChI is InChI=1S/C15H23N3OS/c1-18(10-15(19)8-3-4-9-15)11-6-5-7-12(20-2)13(11)14(16)17/h5-7,19H,3-4,8-10H2,1-2H3,(H3,16,17). The van der Waals surface area contributed by atoms with Gasteiger partial charge in [-0.2, -0.15) is 0 Å². The average Bonchev–Trinajstić information content (AvgIpc) is 2.83.